The van der Waals surface area contributed by atoms with Gasteiger partial charge in [0.05, 0.1) is 5.92 Å². The smallest absolute Gasteiger partial charge is 0.286 e. The van der Waals surface area contributed by atoms with Gasteiger partial charge in [0.25, 0.3) is 11.8 Å². The zero-order valence-corrected chi connectivity index (χ0v) is 19.6. The highest BCUT2D eigenvalue weighted by Gasteiger charge is 2.32. The van der Waals surface area contributed by atoms with Gasteiger partial charge in [0.1, 0.15) is 0 Å². The fourth-order valence-electron chi connectivity index (χ4n) is 4.64. The third-order valence-corrected chi connectivity index (χ3v) is 7.37. The maximum absolute atomic E-state index is 13.0. The number of fused-ring (bicyclic) bond motifs is 1. The minimum absolute atomic E-state index is 0.0328. The van der Waals surface area contributed by atoms with Gasteiger partial charge in [-0.1, -0.05) is 30.6 Å². The molecular formula is C23H27N5O5S. The molecule has 0 radical (unpaired) electrons. The number of ether oxygens (including phenoxy) is 2. The van der Waals surface area contributed by atoms with Crippen LogP contribution in [0.2, 0.25) is 0 Å². The summed E-state index contributed by atoms with van der Waals surface area (Å²) in [6.45, 7) is 1.06. The summed E-state index contributed by atoms with van der Waals surface area (Å²) in [7, 11) is 0. The van der Waals surface area contributed by atoms with Crippen molar-refractivity contribution >= 4 is 34.7 Å². The topological polar surface area (TPSA) is 123 Å². The van der Waals surface area contributed by atoms with Crippen molar-refractivity contribution < 1.29 is 23.9 Å². The normalized spacial score (nSPS) is 20.1. The van der Waals surface area contributed by atoms with Gasteiger partial charge in [0.2, 0.25) is 22.7 Å². The summed E-state index contributed by atoms with van der Waals surface area (Å²) >= 11 is 0.944. The summed E-state index contributed by atoms with van der Waals surface area (Å²) < 4.78 is 10.6. The number of benzene rings is 1. The molecule has 11 heteroatoms. The molecule has 2 aliphatic heterocycles. The second-order valence-corrected chi connectivity index (χ2v) is 9.85. The summed E-state index contributed by atoms with van der Waals surface area (Å²) in [6.07, 6.45) is 7.12. The molecule has 1 unspecified atom stereocenters. The fourth-order valence-corrected chi connectivity index (χ4v) is 5.34. The summed E-state index contributed by atoms with van der Waals surface area (Å²) in [4.78, 5) is 40.0. The molecule has 2 aromatic rings. The Morgan fingerprint density at radius 3 is 2.62 bits per heavy atom. The van der Waals surface area contributed by atoms with Crippen molar-refractivity contribution in [2.24, 2.45) is 5.92 Å². The number of likely N-dealkylation sites (tertiary alicyclic amines) is 1. The van der Waals surface area contributed by atoms with Crippen LogP contribution in [0.15, 0.2) is 18.2 Å². The lowest BCUT2D eigenvalue weighted by molar-refractivity contribution is -0.127. The first kappa shape index (κ1) is 22.6. The molecule has 2 N–H and O–H groups in total. The van der Waals surface area contributed by atoms with Crippen LogP contribution >= 0.6 is 11.3 Å². The van der Waals surface area contributed by atoms with Gasteiger partial charge in [-0.05, 0) is 37.8 Å². The summed E-state index contributed by atoms with van der Waals surface area (Å²) in [5.41, 5.74) is 0.528. The number of nitrogens with zero attached hydrogens (tertiary/aromatic N) is 3. The first-order valence-corrected chi connectivity index (χ1v) is 12.5. The quantitative estimate of drug-likeness (QED) is 0.668. The van der Waals surface area contributed by atoms with Crippen LogP contribution in [-0.2, 0) is 4.79 Å². The Morgan fingerprint density at radius 2 is 1.76 bits per heavy atom. The molecule has 1 atom stereocenters. The van der Waals surface area contributed by atoms with Crippen molar-refractivity contribution in [2.75, 3.05) is 25.2 Å². The van der Waals surface area contributed by atoms with Crippen LogP contribution in [0, 0.1) is 5.92 Å². The van der Waals surface area contributed by atoms with Gasteiger partial charge in [-0.15, -0.1) is 10.2 Å². The lowest BCUT2D eigenvalue weighted by atomic mass is 9.93. The number of nitrogens with one attached hydrogen (secondary N) is 2. The van der Waals surface area contributed by atoms with Crippen LogP contribution in [-0.4, -0.2) is 58.7 Å². The number of piperidine rings is 1. The molecule has 3 amide bonds. The Morgan fingerprint density at radius 1 is 0.971 bits per heavy atom. The molecule has 3 heterocycles. The second kappa shape index (κ2) is 9.96. The summed E-state index contributed by atoms with van der Waals surface area (Å²) in [5, 5.41) is 14.0. The molecule has 1 aliphatic carbocycles. The molecule has 2 fully saturated rings. The predicted molar refractivity (Wildman–Crippen MR) is 124 cm³/mol. The number of hydrogen-bond donors (Lipinski definition) is 2. The number of hydrogen-bond acceptors (Lipinski definition) is 8. The standard InChI is InChI=1S/C23H27N5O5S/c29-19(24-15-6-2-1-3-7-15)14-5-4-10-28(12-14)23(31)22-27-26-21(34-22)20(30)25-16-8-9-17-18(11-16)33-13-32-17/h8-9,11,14-15H,1-7,10,12-13H2,(H,24,29)(H,25,30). The molecule has 3 aliphatic rings. The van der Waals surface area contributed by atoms with Gasteiger partial charge in [0.15, 0.2) is 11.5 Å². The number of amides is 3. The summed E-state index contributed by atoms with van der Waals surface area (Å²) in [6, 6.07) is 5.33. The van der Waals surface area contributed by atoms with Gasteiger partial charge >= 0.3 is 0 Å². The van der Waals surface area contributed by atoms with Gasteiger partial charge in [-0.3, -0.25) is 14.4 Å². The number of anilines is 1. The minimum atomic E-state index is -0.459. The van der Waals surface area contributed by atoms with E-state index in [2.05, 4.69) is 20.8 Å². The van der Waals surface area contributed by atoms with E-state index in [4.69, 9.17) is 9.47 Å². The first-order chi connectivity index (χ1) is 16.6. The van der Waals surface area contributed by atoms with Gasteiger partial charge in [-0.2, -0.15) is 0 Å². The Labute approximate surface area is 201 Å². The lowest BCUT2D eigenvalue weighted by Crippen LogP contribution is -2.47. The van der Waals surface area contributed by atoms with Gasteiger partial charge in [-0.25, -0.2) is 0 Å². The van der Waals surface area contributed by atoms with E-state index in [9.17, 15) is 14.4 Å². The minimum Gasteiger partial charge on any atom is -0.454 e. The zero-order valence-electron chi connectivity index (χ0n) is 18.7. The Hall–Kier alpha value is -3.21. The van der Waals surface area contributed by atoms with Crippen molar-refractivity contribution in [1.29, 1.82) is 0 Å². The van der Waals surface area contributed by atoms with Crippen LogP contribution in [0.3, 0.4) is 0 Å². The molecular weight excluding hydrogens is 458 g/mol. The highest BCUT2D eigenvalue weighted by atomic mass is 32.1. The Bertz CT molecular complexity index is 1080. The molecule has 1 aromatic carbocycles. The average Bonchev–Trinajstić information content (AvgIpc) is 3.54. The van der Waals surface area contributed by atoms with Crippen LogP contribution in [0.25, 0.3) is 0 Å². The van der Waals surface area contributed by atoms with Crippen molar-refractivity contribution in [2.45, 2.75) is 51.0 Å². The van der Waals surface area contributed by atoms with Crippen LogP contribution in [0.1, 0.15) is 64.6 Å². The second-order valence-electron chi connectivity index (χ2n) is 8.87. The van der Waals surface area contributed by atoms with E-state index in [0.717, 1.165) is 49.9 Å². The van der Waals surface area contributed by atoms with Crippen molar-refractivity contribution in [3.05, 3.63) is 28.2 Å². The first-order valence-electron chi connectivity index (χ1n) is 11.7. The predicted octanol–water partition coefficient (Wildman–Crippen LogP) is 2.82. The maximum Gasteiger partial charge on any atom is 0.286 e. The maximum atomic E-state index is 13.0. The summed E-state index contributed by atoms with van der Waals surface area (Å²) in [5.74, 6) is 0.229. The van der Waals surface area contributed by atoms with E-state index in [1.54, 1.807) is 23.1 Å². The van der Waals surface area contributed by atoms with E-state index >= 15 is 0 Å². The van der Waals surface area contributed by atoms with E-state index in [-0.39, 0.29) is 40.6 Å². The monoisotopic (exact) mass is 485 g/mol. The molecule has 1 saturated carbocycles. The van der Waals surface area contributed by atoms with E-state index in [0.29, 0.717) is 30.3 Å². The Kier molecular flexibility index (Phi) is 6.61. The largest absolute Gasteiger partial charge is 0.454 e. The Balaban J connectivity index is 1.18. The van der Waals surface area contributed by atoms with Gasteiger partial charge in [0, 0.05) is 30.9 Å². The van der Waals surface area contributed by atoms with E-state index < -0.39 is 5.91 Å². The molecule has 0 bridgehead atoms. The highest BCUT2D eigenvalue weighted by molar-refractivity contribution is 7.15. The van der Waals surface area contributed by atoms with Crippen LogP contribution in [0.5, 0.6) is 11.5 Å². The third kappa shape index (κ3) is 4.98. The van der Waals surface area contributed by atoms with E-state index in [1.165, 1.54) is 6.42 Å². The van der Waals surface area contributed by atoms with E-state index in [1.807, 2.05) is 0 Å². The third-order valence-electron chi connectivity index (χ3n) is 6.46. The SMILES string of the molecule is O=C(Nc1ccc2c(c1)OCO2)c1nnc(C(=O)N2CCCC(C(=O)NC3CCCCC3)C2)s1. The van der Waals surface area contributed by atoms with Crippen LogP contribution < -0.4 is 20.1 Å². The molecule has 10 nitrogen and oxygen atoms in total. The molecule has 34 heavy (non-hydrogen) atoms. The molecule has 1 saturated heterocycles. The average molecular weight is 486 g/mol. The fraction of sp³-hybridized carbons (Fsp3) is 0.522. The molecule has 180 valence electrons. The lowest BCUT2D eigenvalue weighted by Gasteiger charge is -2.33. The number of rotatable bonds is 5. The molecule has 0 spiro atoms. The van der Waals surface area contributed by atoms with Crippen molar-refractivity contribution in [1.82, 2.24) is 20.4 Å². The zero-order chi connectivity index (χ0) is 23.5. The molecule has 1 aromatic heterocycles. The van der Waals surface area contributed by atoms with Crippen molar-refractivity contribution in [3.63, 3.8) is 0 Å². The van der Waals surface area contributed by atoms with Crippen LogP contribution in [0.4, 0.5) is 5.69 Å². The number of carbonyl (C=O) groups is 3. The molecule has 5 rings (SSSR count). The number of carbonyl (C=O) groups excluding carboxylic acids is 3. The highest BCUT2D eigenvalue weighted by Crippen LogP contribution is 2.34. The number of aromatic nitrogens is 2. The van der Waals surface area contributed by atoms with Gasteiger partial charge < -0.3 is 25.0 Å². The van der Waals surface area contributed by atoms with Crippen molar-refractivity contribution in [3.8, 4) is 11.5 Å².